The third kappa shape index (κ3) is 5.71. The Balaban J connectivity index is 1.56. The molecule has 3 aromatic rings. The molecule has 2 atom stereocenters. The van der Waals surface area contributed by atoms with Gasteiger partial charge in [0, 0.05) is 54.1 Å². The molecule has 1 fully saturated rings. The standard InChI is InChI=1S/C27H28F8N4O/c1-14-9-18-22-19(29)5-6-20(30)24(22)37-23(18)25(39(14)13-27(33,34)35)17-4-3-15(10-21(17)40-26(31)32)36-16-11-38(12-16)8-2-7-28/h3-6,10,14,16,25-26,36-37H,2,7-9,11-13H2,1H3/t14-,25?/m1/s1. The van der Waals surface area contributed by atoms with Gasteiger partial charge in [-0.05, 0) is 43.5 Å². The van der Waals surface area contributed by atoms with Gasteiger partial charge in [0.05, 0.1) is 30.8 Å². The molecule has 218 valence electrons. The minimum Gasteiger partial charge on any atom is -0.434 e. The van der Waals surface area contributed by atoms with Crippen LogP contribution in [0.2, 0.25) is 0 Å². The summed E-state index contributed by atoms with van der Waals surface area (Å²) >= 11 is 0. The third-order valence-corrected chi connectivity index (χ3v) is 7.48. The van der Waals surface area contributed by atoms with Gasteiger partial charge in [-0.25, -0.2) is 8.78 Å². The lowest BCUT2D eigenvalue weighted by Gasteiger charge is -2.42. The molecule has 1 saturated heterocycles. The van der Waals surface area contributed by atoms with E-state index in [1.54, 1.807) is 6.07 Å². The van der Waals surface area contributed by atoms with E-state index in [1.807, 2.05) is 4.90 Å². The Kier molecular flexibility index (Phi) is 7.88. The SMILES string of the molecule is C[C@@H]1Cc2c([nH]c3c(F)ccc(F)c23)C(c2ccc(NC3CN(CCCF)C3)cc2OC(F)F)N1CC(F)(F)F. The van der Waals surface area contributed by atoms with Crippen molar-refractivity contribution in [1.82, 2.24) is 14.8 Å². The molecule has 3 heterocycles. The van der Waals surface area contributed by atoms with Gasteiger partial charge in [-0.2, -0.15) is 22.0 Å². The van der Waals surface area contributed by atoms with Crippen LogP contribution in [-0.2, 0) is 6.42 Å². The lowest BCUT2D eigenvalue weighted by Crippen LogP contribution is -2.54. The highest BCUT2D eigenvalue weighted by Gasteiger charge is 2.43. The summed E-state index contributed by atoms with van der Waals surface area (Å²) in [5.74, 6) is -1.89. The van der Waals surface area contributed by atoms with Crippen molar-refractivity contribution in [1.29, 1.82) is 0 Å². The average Bonchev–Trinajstić information content (AvgIpc) is 3.23. The normalized spacial score (nSPS) is 20.6. The highest BCUT2D eigenvalue weighted by atomic mass is 19.4. The number of halogens is 8. The molecule has 0 amide bonds. The van der Waals surface area contributed by atoms with E-state index >= 15 is 0 Å². The van der Waals surface area contributed by atoms with Crippen molar-refractivity contribution in [2.45, 2.75) is 50.7 Å². The molecule has 0 bridgehead atoms. The van der Waals surface area contributed by atoms with Gasteiger partial charge in [0.15, 0.2) is 0 Å². The number of H-pyrrole nitrogens is 1. The van der Waals surface area contributed by atoms with E-state index in [0.29, 0.717) is 31.7 Å². The molecular weight excluding hydrogens is 548 g/mol. The molecule has 13 heteroatoms. The van der Waals surface area contributed by atoms with Crippen molar-refractivity contribution in [3.05, 3.63) is 58.8 Å². The number of hydrogen-bond acceptors (Lipinski definition) is 4. The molecule has 0 radical (unpaired) electrons. The van der Waals surface area contributed by atoms with Crippen LogP contribution < -0.4 is 10.1 Å². The number of alkyl halides is 6. The number of rotatable bonds is 9. The Labute approximate surface area is 225 Å². The molecule has 5 nitrogen and oxygen atoms in total. The first-order valence-corrected chi connectivity index (χ1v) is 12.9. The minimum atomic E-state index is -4.64. The van der Waals surface area contributed by atoms with E-state index < -0.39 is 49.7 Å². The van der Waals surface area contributed by atoms with Crippen LogP contribution in [0.15, 0.2) is 30.3 Å². The summed E-state index contributed by atoms with van der Waals surface area (Å²) in [5, 5.41) is 3.11. The number of anilines is 1. The van der Waals surface area contributed by atoms with Gasteiger partial charge < -0.3 is 15.0 Å². The number of benzene rings is 2. The summed E-state index contributed by atoms with van der Waals surface area (Å²) in [6.07, 6.45) is -4.25. The Hall–Kier alpha value is -3.06. The van der Waals surface area contributed by atoms with Crippen LogP contribution in [-0.4, -0.2) is 72.5 Å². The van der Waals surface area contributed by atoms with Crippen LogP contribution in [0.4, 0.5) is 40.8 Å². The van der Waals surface area contributed by atoms with Crippen molar-refractivity contribution in [3.63, 3.8) is 0 Å². The summed E-state index contributed by atoms with van der Waals surface area (Å²) in [5.41, 5.74) is 0.579. The third-order valence-electron chi connectivity index (χ3n) is 7.48. The van der Waals surface area contributed by atoms with Crippen molar-refractivity contribution >= 4 is 16.6 Å². The molecule has 0 aliphatic carbocycles. The molecule has 2 aliphatic rings. The van der Waals surface area contributed by atoms with Gasteiger partial charge in [-0.15, -0.1) is 0 Å². The average molecular weight is 577 g/mol. The molecule has 5 rings (SSSR count). The topological polar surface area (TPSA) is 43.5 Å². The molecule has 2 N–H and O–H groups in total. The zero-order chi connectivity index (χ0) is 28.8. The van der Waals surface area contributed by atoms with E-state index in [-0.39, 0.29) is 45.9 Å². The quantitative estimate of drug-likeness (QED) is 0.290. The van der Waals surface area contributed by atoms with Crippen molar-refractivity contribution in [3.8, 4) is 5.75 Å². The van der Waals surface area contributed by atoms with Gasteiger partial charge in [-0.3, -0.25) is 14.2 Å². The molecule has 0 saturated carbocycles. The van der Waals surface area contributed by atoms with Crippen molar-refractivity contribution < 1.29 is 39.9 Å². The predicted molar refractivity (Wildman–Crippen MR) is 134 cm³/mol. The van der Waals surface area contributed by atoms with Crippen LogP contribution in [0, 0.1) is 11.6 Å². The number of likely N-dealkylation sites (tertiary alicyclic amines) is 1. The summed E-state index contributed by atoms with van der Waals surface area (Å²) in [6, 6.07) is 3.94. The summed E-state index contributed by atoms with van der Waals surface area (Å²) < 4.78 is 115. The van der Waals surface area contributed by atoms with Gasteiger partial charge in [0.2, 0.25) is 0 Å². The number of fused-ring (bicyclic) bond motifs is 3. The van der Waals surface area contributed by atoms with Crippen molar-refractivity contribution in [2.24, 2.45) is 0 Å². The van der Waals surface area contributed by atoms with E-state index in [9.17, 15) is 35.1 Å². The number of ether oxygens (including phenoxy) is 1. The second-order valence-electron chi connectivity index (χ2n) is 10.3. The molecule has 1 aromatic heterocycles. The van der Waals surface area contributed by atoms with Crippen LogP contribution in [0.3, 0.4) is 0 Å². The maximum Gasteiger partial charge on any atom is 0.401 e. The van der Waals surface area contributed by atoms with Crippen LogP contribution in [0.25, 0.3) is 10.9 Å². The fourth-order valence-corrected chi connectivity index (χ4v) is 5.79. The molecule has 40 heavy (non-hydrogen) atoms. The fraction of sp³-hybridized carbons (Fsp3) is 0.481. The predicted octanol–water partition coefficient (Wildman–Crippen LogP) is 6.40. The Morgan fingerprint density at radius 3 is 2.50 bits per heavy atom. The molecule has 2 aliphatic heterocycles. The molecular formula is C27H28F8N4O. The van der Waals surface area contributed by atoms with Gasteiger partial charge in [-0.1, -0.05) is 6.07 Å². The minimum absolute atomic E-state index is 0.00606. The number of hydrogen-bond donors (Lipinski definition) is 2. The Morgan fingerprint density at radius 2 is 1.82 bits per heavy atom. The largest absolute Gasteiger partial charge is 0.434 e. The summed E-state index contributed by atoms with van der Waals surface area (Å²) in [6.45, 7) is -1.74. The van der Waals surface area contributed by atoms with Gasteiger partial charge >= 0.3 is 12.8 Å². The number of aromatic nitrogens is 1. The lowest BCUT2D eigenvalue weighted by atomic mass is 9.88. The van der Waals surface area contributed by atoms with Gasteiger partial charge in [0.1, 0.15) is 17.4 Å². The first-order valence-electron chi connectivity index (χ1n) is 12.9. The second-order valence-corrected chi connectivity index (χ2v) is 10.3. The number of nitrogens with zero attached hydrogens (tertiary/aromatic N) is 2. The van der Waals surface area contributed by atoms with Crippen LogP contribution >= 0.6 is 0 Å². The van der Waals surface area contributed by atoms with Gasteiger partial charge in [0.25, 0.3) is 0 Å². The maximum atomic E-state index is 14.8. The smallest absolute Gasteiger partial charge is 0.401 e. The van der Waals surface area contributed by atoms with E-state index in [0.717, 1.165) is 17.0 Å². The lowest BCUT2D eigenvalue weighted by molar-refractivity contribution is -0.155. The number of aromatic amines is 1. The maximum absolute atomic E-state index is 14.8. The fourth-order valence-electron chi connectivity index (χ4n) is 5.79. The Morgan fingerprint density at radius 1 is 1.10 bits per heavy atom. The molecule has 2 aromatic carbocycles. The number of nitrogens with one attached hydrogen (secondary N) is 2. The monoisotopic (exact) mass is 576 g/mol. The first-order chi connectivity index (χ1) is 18.9. The summed E-state index contributed by atoms with van der Waals surface area (Å²) in [7, 11) is 0. The van der Waals surface area contributed by atoms with Crippen LogP contribution in [0.5, 0.6) is 5.75 Å². The zero-order valence-electron chi connectivity index (χ0n) is 21.5. The molecule has 1 unspecified atom stereocenters. The zero-order valence-corrected chi connectivity index (χ0v) is 21.5. The second kappa shape index (κ2) is 11.1. The summed E-state index contributed by atoms with van der Waals surface area (Å²) in [4.78, 5) is 5.86. The molecule has 0 spiro atoms. The van der Waals surface area contributed by atoms with Crippen molar-refractivity contribution in [2.75, 3.05) is 38.2 Å². The van der Waals surface area contributed by atoms with E-state index in [1.165, 1.54) is 19.1 Å². The van der Waals surface area contributed by atoms with Crippen LogP contribution in [0.1, 0.15) is 36.2 Å². The highest BCUT2D eigenvalue weighted by molar-refractivity contribution is 5.86. The van der Waals surface area contributed by atoms with E-state index in [2.05, 4.69) is 10.3 Å². The first kappa shape index (κ1) is 28.5. The van der Waals surface area contributed by atoms with E-state index in [4.69, 9.17) is 4.74 Å². The Bertz CT molecular complexity index is 1350. The highest BCUT2D eigenvalue weighted by Crippen LogP contribution is 2.46.